The number of nitrogens with two attached hydrogens (primary N) is 2. The lowest BCUT2D eigenvalue weighted by Gasteiger charge is -2.04. The molecule has 4 N–H and O–H groups in total. The van der Waals surface area contributed by atoms with E-state index >= 15 is 0 Å². The third-order valence-electron chi connectivity index (χ3n) is 2.22. The Kier molecular flexibility index (Phi) is 1.48. The van der Waals surface area contributed by atoms with E-state index in [1.54, 1.807) is 0 Å². The summed E-state index contributed by atoms with van der Waals surface area (Å²) in [4.78, 5) is 0. The molecular formula is C9H12N2O. The molecule has 12 heavy (non-hydrogen) atoms. The minimum absolute atomic E-state index is 0.0132. The summed E-state index contributed by atoms with van der Waals surface area (Å²) in [5, 5.41) is 0. The Morgan fingerprint density at radius 2 is 2.25 bits per heavy atom. The van der Waals surface area contributed by atoms with Gasteiger partial charge >= 0.3 is 0 Å². The standard InChI is InChI=1S/C9H12N2O/c1-5-2-6-8(11)4-12-9(6)3-7(5)10/h2-3,8H,4,10-11H2,1H3/t8-/m1/s1. The molecule has 3 nitrogen and oxygen atoms in total. The van der Waals surface area contributed by atoms with Gasteiger partial charge in [-0.3, -0.25) is 0 Å². The van der Waals surface area contributed by atoms with Crippen molar-refractivity contribution in [2.45, 2.75) is 13.0 Å². The number of aryl methyl sites for hydroxylation is 1. The Bertz CT molecular complexity index is 323. The molecule has 0 amide bonds. The van der Waals surface area contributed by atoms with Crippen molar-refractivity contribution in [2.75, 3.05) is 12.3 Å². The first-order chi connectivity index (χ1) is 5.68. The van der Waals surface area contributed by atoms with Gasteiger partial charge in [-0.05, 0) is 18.6 Å². The van der Waals surface area contributed by atoms with Crippen molar-refractivity contribution in [3.8, 4) is 5.75 Å². The SMILES string of the molecule is Cc1cc2c(cc1N)OC[C@H]2N. The molecule has 0 aromatic heterocycles. The Hall–Kier alpha value is -1.22. The minimum Gasteiger partial charge on any atom is -0.491 e. The summed E-state index contributed by atoms with van der Waals surface area (Å²) >= 11 is 0. The largest absolute Gasteiger partial charge is 0.491 e. The second kappa shape index (κ2) is 2.38. The summed E-state index contributed by atoms with van der Waals surface area (Å²) in [6, 6.07) is 3.86. The molecule has 0 spiro atoms. The highest BCUT2D eigenvalue weighted by Gasteiger charge is 2.21. The molecule has 2 rings (SSSR count). The number of hydrogen-bond acceptors (Lipinski definition) is 3. The second-order valence-electron chi connectivity index (χ2n) is 3.16. The van der Waals surface area contributed by atoms with E-state index in [9.17, 15) is 0 Å². The Morgan fingerprint density at radius 3 is 3.00 bits per heavy atom. The van der Waals surface area contributed by atoms with Crippen molar-refractivity contribution in [3.63, 3.8) is 0 Å². The van der Waals surface area contributed by atoms with Gasteiger partial charge in [0.1, 0.15) is 12.4 Å². The fourth-order valence-electron chi connectivity index (χ4n) is 1.41. The van der Waals surface area contributed by atoms with Crippen molar-refractivity contribution < 1.29 is 4.74 Å². The van der Waals surface area contributed by atoms with Crippen molar-refractivity contribution in [3.05, 3.63) is 23.3 Å². The zero-order valence-corrected chi connectivity index (χ0v) is 7.00. The summed E-state index contributed by atoms with van der Waals surface area (Å²) in [6.45, 7) is 2.54. The van der Waals surface area contributed by atoms with Crippen LogP contribution in [0.3, 0.4) is 0 Å². The maximum Gasteiger partial charge on any atom is 0.126 e. The predicted molar refractivity (Wildman–Crippen MR) is 48.0 cm³/mol. The van der Waals surface area contributed by atoms with Gasteiger partial charge in [-0.2, -0.15) is 0 Å². The van der Waals surface area contributed by atoms with E-state index in [0.717, 1.165) is 22.6 Å². The fourth-order valence-corrected chi connectivity index (χ4v) is 1.41. The summed E-state index contributed by atoms with van der Waals surface area (Å²) in [5.41, 5.74) is 14.4. The molecule has 0 unspecified atom stereocenters. The zero-order chi connectivity index (χ0) is 8.72. The lowest BCUT2D eigenvalue weighted by molar-refractivity contribution is 0.333. The third-order valence-corrected chi connectivity index (χ3v) is 2.22. The van der Waals surface area contributed by atoms with Gasteiger partial charge in [0, 0.05) is 17.3 Å². The van der Waals surface area contributed by atoms with E-state index < -0.39 is 0 Å². The maximum absolute atomic E-state index is 5.80. The van der Waals surface area contributed by atoms with Gasteiger partial charge in [0.2, 0.25) is 0 Å². The Labute approximate surface area is 71.3 Å². The van der Waals surface area contributed by atoms with Crippen LogP contribution < -0.4 is 16.2 Å². The van der Waals surface area contributed by atoms with Crippen LogP contribution in [0.4, 0.5) is 5.69 Å². The number of rotatable bonds is 0. The van der Waals surface area contributed by atoms with Gasteiger partial charge in [0.05, 0.1) is 6.04 Å². The van der Waals surface area contributed by atoms with Gasteiger partial charge in [-0.15, -0.1) is 0 Å². The molecule has 0 saturated carbocycles. The summed E-state index contributed by atoms with van der Waals surface area (Å²) < 4.78 is 5.34. The molecule has 0 bridgehead atoms. The van der Waals surface area contributed by atoms with E-state index in [4.69, 9.17) is 16.2 Å². The van der Waals surface area contributed by atoms with Gasteiger partial charge < -0.3 is 16.2 Å². The molecule has 0 radical (unpaired) electrons. The van der Waals surface area contributed by atoms with Crippen LogP contribution >= 0.6 is 0 Å². The number of anilines is 1. The smallest absolute Gasteiger partial charge is 0.126 e. The topological polar surface area (TPSA) is 61.3 Å². The summed E-state index contributed by atoms with van der Waals surface area (Å²) in [6.07, 6.45) is 0. The second-order valence-corrected chi connectivity index (χ2v) is 3.16. The maximum atomic E-state index is 5.80. The Balaban J connectivity index is 2.56. The van der Waals surface area contributed by atoms with Crippen molar-refractivity contribution in [1.82, 2.24) is 0 Å². The highest BCUT2D eigenvalue weighted by molar-refractivity contribution is 5.56. The molecule has 1 aromatic carbocycles. The first kappa shape index (κ1) is 7.43. The van der Waals surface area contributed by atoms with Gasteiger partial charge in [0.25, 0.3) is 0 Å². The van der Waals surface area contributed by atoms with E-state index in [1.165, 1.54) is 0 Å². The van der Waals surface area contributed by atoms with Crippen LogP contribution in [-0.4, -0.2) is 6.61 Å². The molecule has 1 aromatic rings. The minimum atomic E-state index is 0.0132. The molecule has 1 aliphatic heterocycles. The van der Waals surface area contributed by atoms with Crippen LogP contribution in [0.2, 0.25) is 0 Å². The number of ether oxygens (including phenoxy) is 1. The summed E-state index contributed by atoms with van der Waals surface area (Å²) in [5.74, 6) is 0.839. The number of fused-ring (bicyclic) bond motifs is 1. The molecule has 1 aliphatic rings. The van der Waals surface area contributed by atoms with E-state index in [-0.39, 0.29) is 6.04 Å². The van der Waals surface area contributed by atoms with Crippen LogP contribution in [0, 0.1) is 6.92 Å². The van der Waals surface area contributed by atoms with Gasteiger partial charge in [0.15, 0.2) is 0 Å². The van der Waals surface area contributed by atoms with E-state index in [0.29, 0.717) is 6.61 Å². The van der Waals surface area contributed by atoms with Crippen LogP contribution in [0.15, 0.2) is 12.1 Å². The molecule has 64 valence electrons. The average Bonchev–Trinajstić information content (AvgIpc) is 2.35. The van der Waals surface area contributed by atoms with Crippen LogP contribution in [-0.2, 0) is 0 Å². The molecule has 0 fully saturated rings. The van der Waals surface area contributed by atoms with Crippen molar-refractivity contribution in [1.29, 1.82) is 0 Å². The number of benzene rings is 1. The number of nitrogen functional groups attached to an aromatic ring is 1. The number of hydrogen-bond donors (Lipinski definition) is 2. The fraction of sp³-hybridized carbons (Fsp3) is 0.333. The van der Waals surface area contributed by atoms with E-state index in [1.807, 2.05) is 19.1 Å². The van der Waals surface area contributed by atoms with E-state index in [2.05, 4.69) is 0 Å². The zero-order valence-electron chi connectivity index (χ0n) is 7.00. The van der Waals surface area contributed by atoms with Crippen molar-refractivity contribution >= 4 is 5.69 Å². The molecule has 0 aliphatic carbocycles. The normalized spacial score (nSPS) is 20.3. The highest BCUT2D eigenvalue weighted by Crippen LogP contribution is 2.34. The lowest BCUT2D eigenvalue weighted by atomic mass is 10.1. The van der Waals surface area contributed by atoms with Crippen LogP contribution in [0.1, 0.15) is 17.2 Å². The summed E-state index contributed by atoms with van der Waals surface area (Å²) in [7, 11) is 0. The predicted octanol–water partition coefficient (Wildman–Crippen LogP) is 0.969. The van der Waals surface area contributed by atoms with Gasteiger partial charge in [-0.25, -0.2) is 0 Å². The van der Waals surface area contributed by atoms with Gasteiger partial charge in [-0.1, -0.05) is 0 Å². The monoisotopic (exact) mass is 164 g/mol. The molecular weight excluding hydrogens is 152 g/mol. The lowest BCUT2D eigenvalue weighted by Crippen LogP contribution is -2.10. The quantitative estimate of drug-likeness (QED) is 0.562. The highest BCUT2D eigenvalue weighted by atomic mass is 16.5. The van der Waals surface area contributed by atoms with Crippen LogP contribution in [0.25, 0.3) is 0 Å². The first-order valence-corrected chi connectivity index (χ1v) is 3.97. The van der Waals surface area contributed by atoms with Crippen LogP contribution in [0.5, 0.6) is 5.75 Å². The van der Waals surface area contributed by atoms with Crippen molar-refractivity contribution in [2.24, 2.45) is 5.73 Å². The molecule has 1 heterocycles. The third kappa shape index (κ3) is 0.940. The molecule has 1 atom stereocenters. The average molecular weight is 164 g/mol. The molecule has 3 heteroatoms. The first-order valence-electron chi connectivity index (χ1n) is 3.97. The Morgan fingerprint density at radius 1 is 1.50 bits per heavy atom. The molecule has 0 saturated heterocycles.